The maximum Gasteiger partial charge on any atom is 0.227 e. The number of anilines is 1. The Morgan fingerprint density at radius 1 is 1.21 bits per heavy atom. The zero-order chi connectivity index (χ0) is 19.9. The van der Waals surface area contributed by atoms with Gasteiger partial charge in [-0.2, -0.15) is 0 Å². The van der Waals surface area contributed by atoms with Crippen molar-refractivity contribution in [3.8, 4) is 5.75 Å². The van der Waals surface area contributed by atoms with Crippen LogP contribution in [0.25, 0.3) is 0 Å². The lowest BCUT2D eigenvalue weighted by atomic mass is 10.1. The highest BCUT2D eigenvalue weighted by Gasteiger charge is 2.22. The standard InChI is InChI=1S/C23H28N2O3/c1-17-8-3-4-11-21(17)28-15-7-12-22(26)24-18(2)19-9-5-10-20(16-19)25-14-6-13-23(25)27/h3-5,8-11,16,18H,6-7,12-15H2,1-2H3,(H,24,26). The van der Waals surface area contributed by atoms with Gasteiger partial charge in [0.2, 0.25) is 11.8 Å². The van der Waals surface area contributed by atoms with Crippen molar-refractivity contribution >= 4 is 17.5 Å². The number of hydrogen-bond donors (Lipinski definition) is 1. The Balaban J connectivity index is 1.46. The minimum Gasteiger partial charge on any atom is -0.493 e. The molecule has 1 fully saturated rings. The van der Waals surface area contributed by atoms with E-state index in [-0.39, 0.29) is 17.9 Å². The molecule has 1 aliphatic rings. The molecule has 0 saturated carbocycles. The first-order valence-corrected chi connectivity index (χ1v) is 9.93. The molecule has 5 heteroatoms. The van der Waals surface area contributed by atoms with Gasteiger partial charge < -0.3 is 15.0 Å². The van der Waals surface area contributed by atoms with E-state index < -0.39 is 0 Å². The predicted octanol–water partition coefficient (Wildman–Crippen LogP) is 4.16. The Hall–Kier alpha value is -2.82. The summed E-state index contributed by atoms with van der Waals surface area (Å²) in [5, 5.41) is 3.04. The summed E-state index contributed by atoms with van der Waals surface area (Å²) in [5.41, 5.74) is 3.01. The molecular weight excluding hydrogens is 352 g/mol. The maximum atomic E-state index is 12.3. The third-order valence-electron chi connectivity index (χ3n) is 5.03. The largest absolute Gasteiger partial charge is 0.493 e. The molecule has 0 aliphatic carbocycles. The fourth-order valence-electron chi connectivity index (χ4n) is 3.41. The lowest BCUT2D eigenvalue weighted by Crippen LogP contribution is -2.27. The molecule has 148 valence electrons. The molecule has 0 radical (unpaired) electrons. The molecule has 2 aromatic rings. The molecule has 2 amide bonds. The predicted molar refractivity (Wildman–Crippen MR) is 110 cm³/mol. The number of hydrogen-bond acceptors (Lipinski definition) is 3. The van der Waals surface area contributed by atoms with Crippen LogP contribution in [-0.4, -0.2) is 25.0 Å². The Morgan fingerprint density at radius 2 is 2.04 bits per heavy atom. The minimum atomic E-state index is -0.109. The summed E-state index contributed by atoms with van der Waals surface area (Å²) < 4.78 is 5.74. The molecule has 1 unspecified atom stereocenters. The summed E-state index contributed by atoms with van der Waals surface area (Å²) in [6, 6.07) is 15.6. The molecule has 0 spiro atoms. The first-order valence-electron chi connectivity index (χ1n) is 9.93. The number of ether oxygens (including phenoxy) is 1. The number of benzene rings is 2. The van der Waals surface area contributed by atoms with Gasteiger partial charge in [-0.1, -0.05) is 30.3 Å². The minimum absolute atomic E-state index is 0.00327. The molecule has 1 heterocycles. The van der Waals surface area contributed by atoms with E-state index in [2.05, 4.69) is 5.32 Å². The van der Waals surface area contributed by atoms with Crippen LogP contribution in [0.4, 0.5) is 5.69 Å². The van der Waals surface area contributed by atoms with Gasteiger partial charge in [0.1, 0.15) is 5.75 Å². The van der Waals surface area contributed by atoms with Crippen molar-refractivity contribution < 1.29 is 14.3 Å². The van der Waals surface area contributed by atoms with Crippen molar-refractivity contribution in [1.29, 1.82) is 0 Å². The zero-order valence-corrected chi connectivity index (χ0v) is 16.6. The van der Waals surface area contributed by atoms with Gasteiger partial charge in [-0.25, -0.2) is 0 Å². The molecule has 5 nitrogen and oxygen atoms in total. The number of para-hydroxylation sites is 1. The molecule has 1 atom stereocenters. The highest BCUT2D eigenvalue weighted by atomic mass is 16.5. The second-order valence-corrected chi connectivity index (χ2v) is 7.25. The Kier molecular flexibility index (Phi) is 6.69. The Labute approximate surface area is 166 Å². The highest BCUT2D eigenvalue weighted by molar-refractivity contribution is 5.95. The SMILES string of the molecule is Cc1ccccc1OCCCC(=O)NC(C)c1cccc(N2CCCC2=O)c1. The average molecular weight is 380 g/mol. The van der Waals surface area contributed by atoms with Crippen LogP contribution in [0.2, 0.25) is 0 Å². The van der Waals surface area contributed by atoms with Gasteiger partial charge in [-0.3, -0.25) is 9.59 Å². The lowest BCUT2D eigenvalue weighted by molar-refractivity contribution is -0.122. The number of carbonyl (C=O) groups is 2. The van der Waals surface area contributed by atoms with Crippen LogP contribution in [0.1, 0.15) is 49.8 Å². The topological polar surface area (TPSA) is 58.6 Å². The monoisotopic (exact) mass is 380 g/mol. The van der Waals surface area contributed by atoms with Gasteiger partial charge in [0, 0.05) is 25.1 Å². The lowest BCUT2D eigenvalue weighted by Gasteiger charge is -2.19. The first-order chi connectivity index (χ1) is 13.5. The van der Waals surface area contributed by atoms with E-state index in [0.29, 0.717) is 25.9 Å². The molecule has 3 rings (SSSR count). The van der Waals surface area contributed by atoms with Gasteiger partial charge in [-0.15, -0.1) is 0 Å². The Bertz CT molecular complexity index is 834. The van der Waals surface area contributed by atoms with E-state index in [1.165, 1.54) is 0 Å². The van der Waals surface area contributed by atoms with Crippen molar-refractivity contribution in [2.45, 2.75) is 45.6 Å². The van der Waals surface area contributed by atoms with E-state index >= 15 is 0 Å². The van der Waals surface area contributed by atoms with Crippen molar-refractivity contribution in [2.75, 3.05) is 18.1 Å². The number of amides is 2. The van der Waals surface area contributed by atoms with Crippen molar-refractivity contribution in [2.24, 2.45) is 0 Å². The van der Waals surface area contributed by atoms with Crippen LogP contribution in [0, 0.1) is 6.92 Å². The number of nitrogens with one attached hydrogen (secondary N) is 1. The molecule has 1 N–H and O–H groups in total. The van der Waals surface area contributed by atoms with Gasteiger partial charge in [0.25, 0.3) is 0 Å². The molecule has 0 aromatic heterocycles. The van der Waals surface area contributed by atoms with Gasteiger partial charge in [0.05, 0.1) is 12.6 Å². The molecule has 28 heavy (non-hydrogen) atoms. The molecular formula is C23H28N2O3. The fourth-order valence-corrected chi connectivity index (χ4v) is 3.41. The van der Waals surface area contributed by atoms with E-state index in [0.717, 1.165) is 35.5 Å². The van der Waals surface area contributed by atoms with Crippen LogP contribution >= 0.6 is 0 Å². The second-order valence-electron chi connectivity index (χ2n) is 7.25. The average Bonchev–Trinajstić information content (AvgIpc) is 3.12. The van der Waals surface area contributed by atoms with Crippen molar-refractivity contribution in [3.63, 3.8) is 0 Å². The zero-order valence-electron chi connectivity index (χ0n) is 16.6. The van der Waals surface area contributed by atoms with Crippen LogP contribution in [0.3, 0.4) is 0 Å². The number of carbonyl (C=O) groups excluding carboxylic acids is 2. The fraction of sp³-hybridized carbons (Fsp3) is 0.391. The van der Waals surface area contributed by atoms with Gasteiger partial charge >= 0.3 is 0 Å². The van der Waals surface area contributed by atoms with E-state index in [4.69, 9.17) is 4.74 Å². The molecule has 1 saturated heterocycles. The number of aryl methyl sites for hydroxylation is 1. The number of nitrogens with zero attached hydrogens (tertiary/aromatic N) is 1. The van der Waals surface area contributed by atoms with Crippen molar-refractivity contribution in [3.05, 3.63) is 59.7 Å². The summed E-state index contributed by atoms with van der Waals surface area (Å²) >= 11 is 0. The molecule has 0 bridgehead atoms. The van der Waals surface area contributed by atoms with Crippen LogP contribution < -0.4 is 15.0 Å². The first kappa shape index (κ1) is 19.9. The second kappa shape index (κ2) is 9.40. The number of rotatable bonds is 8. The van der Waals surface area contributed by atoms with Crippen LogP contribution in [-0.2, 0) is 9.59 Å². The summed E-state index contributed by atoms with van der Waals surface area (Å²) in [6.07, 6.45) is 2.59. The third kappa shape index (κ3) is 5.12. The normalized spacial score (nSPS) is 14.8. The summed E-state index contributed by atoms with van der Waals surface area (Å²) in [6.45, 7) is 5.25. The van der Waals surface area contributed by atoms with E-state index in [1.54, 1.807) is 0 Å². The van der Waals surface area contributed by atoms with Crippen LogP contribution in [0.5, 0.6) is 5.75 Å². The quantitative estimate of drug-likeness (QED) is 0.700. The maximum absolute atomic E-state index is 12.3. The van der Waals surface area contributed by atoms with Gasteiger partial charge in [-0.05, 0) is 56.0 Å². The smallest absolute Gasteiger partial charge is 0.227 e. The summed E-state index contributed by atoms with van der Waals surface area (Å²) in [4.78, 5) is 26.0. The van der Waals surface area contributed by atoms with Crippen molar-refractivity contribution in [1.82, 2.24) is 5.32 Å². The summed E-state index contributed by atoms with van der Waals surface area (Å²) in [7, 11) is 0. The van der Waals surface area contributed by atoms with E-state index in [9.17, 15) is 9.59 Å². The highest BCUT2D eigenvalue weighted by Crippen LogP contribution is 2.25. The molecule has 2 aromatic carbocycles. The van der Waals surface area contributed by atoms with E-state index in [1.807, 2.05) is 67.3 Å². The molecule has 1 aliphatic heterocycles. The van der Waals surface area contributed by atoms with Crippen LogP contribution in [0.15, 0.2) is 48.5 Å². The summed E-state index contributed by atoms with van der Waals surface area (Å²) in [5.74, 6) is 1.04. The third-order valence-corrected chi connectivity index (χ3v) is 5.03. The van der Waals surface area contributed by atoms with Gasteiger partial charge in [0.15, 0.2) is 0 Å². The Morgan fingerprint density at radius 3 is 2.79 bits per heavy atom.